The van der Waals surface area contributed by atoms with Gasteiger partial charge in [-0.15, -0.1) is 0 Å². The number of benzene rings is 1. The summed E-state index contributed by atoms with van der Waals surface area (Å²) in [5.74, 6) is -0.0165. The molecule has 0 aliphatic heterocycles. The summed E-state index contributed by atoms with van der Waals surface area (Å²) in [6.07, 6.45) is 0. The maximum Gasteiger partial charge on any atom is 0.269 e. The van der Waals surface area contributed by atoms with Crippen molar-refractivity contribution < 1.29 is 13.3 Å². The number of anilines is 1. The molecular weight excluding hydrogens is 282 g/mol. The molecule has 20 heavy (non-hydrogen) atoms. The minimum Gasteiger partial charge on any atom is -0.308 e. The zero-order valence-corrected chi connectivity index (χ0v) is 12.6. The number of nitrogens with zero attached hydrogens (tertiary/aromatic N) is 3. The van der Waals surface area contributed by atoms with Crippen LogP contribution in [0.1, 0.15) is 6.92 Å². The van der Waals surface area contributed by atoms with Crippen LogP contribution in [0, 0.1) is 10.1 Å². The second kappa shape index (κ2) is 6.67. The SMILES string of the molecule is CCS(=O)(=O)N(CCN(C)C)c1ccc([N+](=O)[O-])cc1. The monoisotopic (exact) mass is 301 g/mol. The average molecular weight is 301 g/mol. The lowest BCUT2D eigenvalue weighted by Gasteiger charge is -2.25. The molecule has 112 valence electrons. The third-order valence-electron chi connectivity index (χ3n) is 2.80. The van der Waals surface area contributed by atoms with E-state index in [0.29, 0.717) is 18.8 Å². The van der Waals surface area contributed by atoms with E-state index in [2.05, 4.69) is 0 Å². The molecule has 0 saturated carbocycles. The molecule has 0 atom stereocenters. The fourth-order valence-corrected chi connectivity index (χ4v) is 2.73. The first-order valence-corrected chi connectivity index (χ1v) is 7.78. The summed E-state index contributed by atoms with van der Waals surface area (Å²) < 4.78 is 25.5. The van der Waals surface area contributed by atoms with Gasteiger partial charge in [0.05, 0.1) is 16.4 Å². The van der Waals surface area contributed by atoms with E-state index in [4.69, 9.17) is 0 Å². The highest BCUT2D eigenvalue weighted by atomic mass is 32.2. The highest BCUT2D eigenvalue weighted by molar-refractivity contribution is 7.92. The van der Waals surface area contributed by atoms with Crippen molar-refractivity contribution in [2.24, 2.45) is 0 Å². The van der Waals surface area contributed by atoms with Gasteiger partial charge in [-0.05, 0) is 33.2 Å². The first-order chi connectivity index (χ1) is 9.27. The molecule has 0 spiro atoms. The van der Waals surface area contributed by atoms with Crippen molar-refractivity contribution in [3.8, 4) is 0 Å². The summed E-state index contributed by atoms with van der Waals surface area (Å²) in [6, 6.07) is 5.54. The van der Waals surface area contributed by atoms with Crippen LogP contribution in [-0.2, 0) is 10.0 Å². The van der Waals surface area contributed by atoms with E-state index in [1.165, 1.54) is 28.6 Å². The maximum atomic E-state index is 12.1. The molecule has 0 fully saturated rings. The highest BCUT2D eigenvalue weighted by Gasteiger charge is 2.21. The Kier molecular flexibility index (Phi) is 5.46. The normalized spacial score (nSPS) is 11.6. The van der Waals surface area contributed by atoms with Crippen LogP contribution in [0.5, 0.6) is 0 Å². The molecule has 1 rings (SSSR count). The summed E-state index contributed by atoms with van der Waals surface area (Å²) in [4.78, 5) is 12.0. The van der Waals surface area contributed by atoms with Crippen LogP contribution in [0.4, 0.5) is 11.4 Å². The highest BCUT2D eigenvalue weighted by Crippen LogP contribution is 2.22. The van der Waals surface area contributed by atoms with Crippen molar-refractivity contribution in [1.29, 1.82) is 0 Å². The molecule has 0 bridgehead atoms. The number of hydrogen-bond donors (Lipinski definition) is 0. The second-order valence-corrected chi connectivity index (χ2v) is 6.73. The fraction of sp³-hybridized carbons (Fsp3) is 0.500. The summed E-state index contributed by atoms with van der Waals surface area (Å²) >= 11 is 0. The number of nitro benzene ring substituents is 1. The quantitative estimate of drug-likeness (QED) is 0.560. The Hall–Kier alpha value is -1.67. The second-order valence-electron chi connectivity index (χ2n) is 4.55. The van der Waals surface area contributed by atoms with E-state index in [9.17, 15) is 18.5 Å². The van der Waals surface area contributed by atoms with Gasteiger partial charge >= 0.3 is 0 Å². The number of rotatable bonds is 7. The van der Waals surface area contributed by atoms with E-state index >= 15 is 0 Å². The Morgan fingerprint density at radius 2 is 1.70 bits per heavy atom. The van der Waals surface area contributed by atoms with E-state index in [1.807, 2.05) is 19.0 Å². The molecule has 0 saturated heterocycles. The topological polar surface area (TPSA) is 83.8 Å². The number of nitro groups is 1. The summed E-state index contributed by atoms with van der Waals surface area (Å²) in [5.41, 5.74) is 0.384. The average Bonchev–Trinajstić information content (AvgIpc) is 2.39. The lowest BCUT2D eigenvalue weighted by atomic mass is 10.3. The van der Waals surface area contributed by atoms with Crippen molar-refractivity contribution in [2.45, 2.75) is 6.92 Å². The molecule has 8 heteroatoms. The van der Waals surface area contributed by atoms with Crippen molar-refractivity contribution >= 4 is 21.4 Å². The third kappa shape index (κ3) is 4.17. The minimum atomic E-state index is -3.41. The number of likely N-dealkylation sites (N-methyl/N-ethyl adjacent to an activating group) is 1. The number of sulfonamides is 1. The van der Waals surface area contributed by atoms with Crippen molar-refractivity contribution in [1.82, 2.24) is 4.90 Å². The van der Waals surface area contributed by atoms with Crippen LogP contribution in [-0.4, -0.2) is 51.2 Å². The van der Waals surface area contributed by atoms with E-state index in [0.717, 1.165) is 0 Å². The van der Waals surface area contributed by atoms with Crippen LogP contribution < -0.4 is 4.31 Å². The van der Waals surface area contributed by atoms with Crippen LogP contribution in [0.2, 0.25) is 0 Å². The Bertz CT molecular complexity index is 555. The third-order valence-corrected chi connectivity index (χ3v) is 4.59. The molecule has 1 aromatic rings. The van der Waals surface area contributed by atoms with E-state index in [1.54, 1.807) is 6.92 Å². The molecule has 0 heterocycles. The van der Waals surface area contributed by atoms with Gasteiger partial charge in [-0.25, -0.2) is 8.42 Å². The smallest absolute Gasteiger partial charge is 0.269 e. The Morgan fingerprint density at radius 3 is 2.10 bits per heavy atom. The van der Waals surface area contributed by atoms with Gasteiger partial charge in [0, 0.05) is 25.2 Å². The standard InChI is InChI=1S/C12H19N3O4S/c1-4-20(18,19)14(10-9-13(2)3)11-5-7-12(8-6-11)15(16)17/h5-8H,4,9-10H2,1-3H3. The summed E-state index contributed by atoms with van der Waals surface area (Å²) in [7, 11) is 0.302. The molecule has 0 unspecified atom stereocenters. The van der Waals surface area contributed by atoms with Crippen LogP contribution in [0.3, 0.4) is 0 Å². The molecule has 0 amide bonds. The van der Waals surface area contributed by atoms with Gasteiger partial charge in [0.2, 0.25) is 10.0 Å². The number of non-ortho nitro benzene ring substituents is 1. The molecule has 0 aromatic heterocycles. The predicted octanol–water partition coefficient (Wildman–Crippen LogP) is 1.31. The van der Waals surface area contributed by atoms with Gasteiger partial charge in [-0.1, -0.05) is 0 Å². The molecule has 0 radical (unpaired) electrons. The van der Waals surface area contributed by atoms with Gasteiger partial charge in [-0.2, -0.15) is 0 Å². The van der Waals surface area contributed by atoms with Gasteiger partial charge in [0.15, 0.2) is 0 Å². The van der Waals surface area contributed by atoms with Crippen LogP contribution in [0.25, 0.3) is 0 Å². The molecule has 0 aliphatic rings. The lowest BCUT2D eigenvalue weighted by molar-refractivity contribution is -0.384. The van der Waals surface area contributed by atoms with Crippen molar-refractivity contribution in [3.63, 3.8) is 0 Å². The first kappa shape index (κ1) is 16.4. The molecule has 0 N–H and O–H groups in total. The zero-order chi connectivity index (χ0) is 15.3. The molecular formula is C12H19N3O4S. The maximum absolute atomic E-state index is 12.1. The minimum absolute atomic E-state index is 0.0165. The van der Waals surface area contributed by atoms with Gasteiger partial charge < -0.3 is 4.90 Å². The van der Waals surface area contributed by atoms with E-state index in [-0.39, 0.29) is 11.4 Å². The van der Waals surface area contributed by atoms with Crippen LogP contribution >= 0.6 is 0 Å². The van der Waals surface area contributed by atoms with Gasteiger partial charge in [0.25, 0.3) is 5.69 Å². The van der Waals surface area contributed by atoms with E-state index < -0.39 is 14.9 Å². The number of hydrogen-bond acceptors (Lipinski definition) is 5. The Balaban J connectivity index is 3.07. The Morgan fingerprint density at radius 1 is 1.15 bits per heavy atom. The van der Waals surface area contributed by atoms with Gasteiger partial charge in [-0.3, -0.25) is 14.4 Å². The summed E-state index contributed by atoms with van der Waals surface area (Å²) in [6.45, 7) is 2.45. The molecule has 7 nitrogen and oxygen atoms in total. The fourth-order valence-electron chi connectivity index (χ4n) is 1.62. The summed E-state index contributed by atoms with van der Waals surface area (Å²) in [5, 5.41) is 10.6. The predicted molar refractivity (Wildman–Crippen MR) is 78.5 cm³/mol. The lowest BCUT2D eigenvalue weighted by Crippen LogP contribution is -2.37. The molecule has 0 aliphatic carbocycles. The molecule has 1 aromatic carbocycles. The first-order valence-electron chi connectivity index (χ1n) is 6.17. The zero-order valence-electron chi connectivity index (χ0n) is 11.8. The van der Waals surface area contributed by atoms with Crippen molar-refractivity contribution in [3.05, 3.63) is 34.4 Å². The van der Waals surface area contributed by atoms with Gasteiger partial charge in [0.1, 0.15) is 0 Å². The Labute approximate surface area is 119 Å². The van der Waals surface area contributed by atoms with Crippen LogP contribution in [0.15, 0.2) is 24.3 Å². The largest absolute Gasteiger partial charge is 0.308 e. The van der Waals surface area contributed by atoms with Crippen molar-refractivity contribution in [2.75, 3.05) is 37.2 Å².